The lowest BCUT2D eigenvalue weighted by Gasteiger charge is -2.28. The maximum absolute atomic E-state index is 14.0. The number of carboxylic acids is 1. The topological polar surface area (TPSA) is 148 Å². The van der Waals surface area contributed by atoms with Crippen LogP contribution in [0.2, 0.25) is 0 Å². The van der Waals surface area contributed by atoms with Crippen molar-refractivity contribution in [2.45, 2.75) is 6.61 Å². The third-order valence-corrected chi connectivity index (χ3v) is 4.03. The number of anilines is 1. The van der Waals surface area contributed by atoms with Gasteiger partial charge in [0.05, 0.1) is 17.2 Å². The van der Waals surface area contributed by atoms with Gasteiger partial charge in [-0.15, -0.1) is 4.91 Å². The van der Waals surface area contributed by atoms with E-state index in [1.54, 1.807) is 0 Å². The Morgan fingerprint density at radius 1 is 1.34 bits per heavy atom. The molecule has 0 amide bonds. The van der Waals surface area contributed by atoms with Crippen molar-refractivity contribution in [1.82, 2.24) is 10.3 Å². The van der Waals surface area contributed by atoms with Crippen molar-refractivity contribution in [1.29, 1.82) is 5.26 Å². The molecule has 0 bridgehead atoms. The van der Waals surface area contributed by atoms with Gasteiger partial charge in [-0.1, -0.05) is 6.07 Å². The molecule has 3 N–H and O–H groups in total. The normalized spacial score (nSPS) is 12.9. The van der Waals surface area contributed by atoms with Crippen molar-refractivity contribution in [3.63, 3.8) is 0 Å². The maximum Gasteiger partial charge on any atom is 0.336 e. The number of hydrogen-bond donors (Lipinski definition) is 3. The summed E-state index contributed by atoms with van der Waals surface area (Å²) in [5.41, 5.74) is 0.539. The summed E-state index contributed by atoms with van der Waals surface area (Å²) in [6, 6.07) is 8.77. The van der Waals surface area contributed by atoms with Gasteiger partial charge in [-0.25, -0.2) is 9.18 Å². The highest BCUT2D eigenvalue weighted by Crippen LogP contribution is 2.22. The number of benzene rings is 1. The molecule has 0 atom stereocenters. The fraction of sp³-hybridized carbons (Fsp3) is 0.278. The zero-order chi connectivity index (χ0) is 21.2. The molecular weight excluding hydrogens is 385 g/mol. The first-order valence-corrected chi connectivity index (χ1v) is 8.47. The molecule has 11 heteroatoms. The lowest BCUT2D eigenvalue weighted by atomic mass is 10.1. The lowest BCUT2D eigenvalue weighted by Crippen LogP contribution is -2.44. The number of carbonyl (C=O) groups is 1. The first-order chi connectivity index (χ1) is 14.0. The Morgan fingerprint density at radius 2 is 2.03 bits per heavy atom. The Kier molecular flexibility index (Phi) is 7.81. The average Bonchev–Trinajstić information content (AvgIpc) is 2.73. The van der Waals surface area contributed by atoms with Crippen LogP contribution in [0.3, 0.4) is 0 Å². The maximum atomic E-state index is 14.0. The predicted molar refractivity (Wildman–Crippen MR) is 99.3 cm³/mol. The number of halogens is 1. The first-order valence-electron chi connectivity index (χ1n) is 8.47. The third-order valence-electron chi connectivity index (χ3n) is 4.03. The van der Waals surface area contributed by atoms with Gasteiger partial charge in [0.1, 0.15) is 18.2 Å². The number of ether oxygens (including phenoxy) is 1. The molecule has 0 saturated carbocycles. The second-order valence-electron chi connectivity index (χ2n) is 5.88. The van der Waals surface area contributed by atoms with Gasteiger partial charge in [0.15, 0.2) is 5.34 Å². The number of piperazine rings is 1. The van der Waals surface area contributed by atoms with Gasteiger partial charge in [0.25, 0.3) is 0 Å². The van der Waals surface area contributed by atoms with Crippen molar-refractivity contribution < 1.29 is 24.2 Å². The number of aromatic nitrogens is 1. The van der Waals surface area contributed by atoms with Crippen molar-refractivity contribution >= 4 is 11.8 Å². The zero-order valence-corrected chi connectivity index (χ0v) is 15.2. The minimum atomic E-state index is -1.09. The fourth-order valence-electron chi connectivity index (χ4n) is 2.63. The van der Waals surface area contributed by atoms with E-state index in [1.165, 1.54) is 29.6 Å². The molecule has 2 heterocycles. The van der Waals surface area contributed by atoms with Crippen LogP contribution in [0.25, 0.3) is 0 Å². The van der Waals surface area contributed by atoms with E-state index in [9.17, 15) is 14.3 Å². The molecule has 1 aliphatic heterocycles. The van der Waals surface area contributed by atoms with Gasteiger partial charge >= 0.3 is 5.97 Å². The average molecular weight is 403 g/mol. The summed E-state index contributed by atoms with van der Waals surface area (Å²) >= 11 is 0. The van der Waals surface area contributed by atoms with Crippen LogP contribution in [0.1, 0.15) is 21.5 Å². The molecule has 10 nitrogen and oxygen atoms in total. The van der Waals surface area contributed by atoms with Crippen molar-refractivity contribution in [2.24, 2.45) is 5.34 Å². The van der Waals surface area contributed by atoms with Crippen molar-refractivity contribution in [2.75, 3.05) is 31.1 Å². The second-order valence-corrected chi connectivity index (χ2v) is 5.88. The Hall–Kier alpha value is -3.78. The number of nitrogens with one attached hydrogen (secondary N) is 1. The van der Waals surface area contributed by atoms with E-state index < -0.39 is 11.8 Å². The van der Waals surface area contributed by atoms with Crippen LogP contribution < -0.4 is 15.0 Å². The monoisotopic (exact) mass is 403 g/mol. The summed E-state index contributed by atoms with van der Waals surface area (Å²) in [5.74, 6) is -1.01. The zero-order valence-electron chi connectivity index (χ0n) is 15.2. The Morgan fingerprint density at radius 3 is 2.62 bits per heavy atom. The van der Waals surface area contributed by atoms with E-state index in [-0.39, 0.29) is 29.2 Å². The minimum absolute atomic E-state index is 0.0591. The van der Waals surface area contributed by atoms with E-state index in [2.05, 4.69) is 10.3 Å². The quantitative estimate of drug-likeness (QED) is 0.503. The fourth-order valence-corrected chi connectivity index (χ4v) is 2.63. The molecule has 0 spiro atoms. The SMILES string of the molecule is N#Cc1ccc(COc2cc(C(=O)O)cc(N3CCNCC3)n2)c(F)c1.O=NO. The molecule has 0 aliphatic carbocycles. The van der Waals surface area contributed by atoms with Crippen molar-refractivity contribution in [3.05, 3.63) is 57.7 Å². The first kappa shape index (κ1) is 21.5. The molecule has 29 heavy (non-hydrogen) atoms. The molecule has 1 aromatic heterocycles. The lowest BCUT2D eigenvalue weighted by molar-refractivity contribution is 0.0696. The van der Waals surface area contributed by atoms with Crippen LogP contribution in [-0.2, 0) is 6.61 Å². The van der Waals surface area contributed by atoms with E-state index >= 15 is 0 Å². The van der Waals surface area contributed by atoms with Crippen LogP contribution in [0.15, 0.2) is 35.7 Å². The van der Waals surface area contributed by atoms with Gasteiger partial charge < -0.3 is 25.3 Å². The Labute approximate surface area is 165 Å². The van der Waals surface area contributed by atoms with Crippen molar-refractivity contribution in [3.8, 4) is 11.9 Å². The highest BCUT2D eigenvalue weighted by Gasteiger charge is 2.17. The Balaban J connectivity index is 0.000000941. The summed E-state index contributed by atoms with van der Waals surface area (Å²) in [7, 11) is 0. The molecule has 1 saturated heterocycles. The Bertz CT molecular complexity index is 912. The molecule has 3 rings (SSSR count). The summed E-state index contributed by atoms with van der Waals surface area (Å²) in [5, 5.41) is 29.2. The number of pyridine rings is 1. The molecule has 2 aromatic rings. The highest BCUT2D eigenvalue weighted by molar-refractivity contribution is 5.89. The van der Waals surface area contributed by atoms with Gasteiger partial charge in [0, 0.05) is 37.8 Å². The summed E-state index contributed by atoms with van der Waals surface area (Å²) in [6.07, 6.45) is 0. The summed E-state index contributed by atoms with van der Waals surface area (Å²) < 4.78 is 19.5. The van der Waals surface area contributed by atoms with Crippen LogP contribution in [-0.4, -0.2) is 47.4 Å². The summed E-state index contributed by atoms with van der Waals surface area (Å²) in [6.45, 7) is 2.87. The minimum Gasteiger partial charge on any atom is -0.478 e. The van der Waals surface area contributed by atoms with E-state index in [1.807, 2.05) is 11.0 Å². The number of nitrogens with zero attached hydrogens (tertiary/aromatic N) is 4. The number of nitriles is 1. The second kappa shape index (κ2) is 10.5. The van der Waals surface area contributed by atoms with Crippen LogP contribution in [0.4, 0.5) is 10.2 Å². The molecule has 152 valence electrons. The predicted octanol–water partition coefficient (Wildman–Crippen LogP) is 1.92. The highest BCUT2D eigenvalue weighted by atomic mass is 19.1. The van der Waals surface area contributed by atoms with Gasteiger partial charge in [-0.05, 0) is 18.2 Å². The molecule has 1 aliphatic rings. The standard InChI is InChI=1S/C18H17FN4O3.HNO2/c19-15-7-12(10-20)1-2-13(15)11-26-17-9-14(18(24)25)8-16(22-17)23-5-3-21-4-6-23;2-1-3/h1-2,7-9,21H,3-6,11H2,(H,24,25);(H,2,3). The van der Waals surface area contributed by atoms with Gasteiger partial charge in [-0.3, -0.25) is 0 Å². The number of carboxylic acid groups (broad SMARTS) is 1. The number of rotatable bonds is 5. The third kappa shape index (κ3) is 6.12. The summed E-state index contributed by atoms with van der Waals surface area (Å²) in [4.78, 5) is 25.8. The number of hydrogen-bond acceptors (Lipinski definition) is 8. The molecular formula is C18H18FN5O5. The van der Waals surface area contributed by atoms with Gasteiger partial charge in [-0.2, -0.15) is 10.2 Å². The molecule has 0 unspecified atom stereocenters. The molecule has 1 fully saturated rings. The molecule has 1 aromatic carbocycles. The largest absolute Gasteiger partial charge is 0.478 e. The van der Waals surface area contributed by atoms with Crippen LogP contribution in [0.5, 0.6) is 5.88 Å². The molecule has 0 radical (unpaired) electrons. The van der Waals surface area contributed by atoms with Crippen LogP contribution in [0, 0.1) is 22.1 Å². The van der Waals surface area contributed by atoms with E-state index in [4.69, 9.17) is 20.1 Å². The van der Waals surface area contributed by atoms with E-state index in [0.29, 0.717) is 18.9 Å². The smallest absolute Gasteiger partial charge is 0.336 e. The van der Waals surface area contributed by atoms with Gasteiger partial charge in [0.2, 0.25) is 5.88 Å². The van der Waals surface area contributed by atoms with Crippen LogP contribution >= 0.6 is 0 Å². The number of aromatic carboxylic acids is 1. The van der Waals surface area contributed by atoms with E-state index in [0.717, 1.165) is 19.2 Å².